The van der Waals surface area contributed by atoms with E-state index < -0.39 is 11.9 Å². The number of anilines is 1. The maximum atomic E-state index is 13.1. The van der Waals surface area contributed by atoms with Crippen molar-refractivity contribution in [3.05, 3.63) is 71.8 Å². The summed E-state index contributed by atoms with van der Waals surface area (Å²) >= 11 is 0. The lowest BCUT2D eigenvalue weighted by Gasteiger charge is -2.25. The van der Waals surface area contributed by atoms with E-state index >= 15 is 0 Å². The molecule has 0 N–H and O–H groups in total. The Bertz CT molecular complexity index is 1250. The van der Waals surface area contributed by atoms with Gasteiger partial charge in [-0.05, 0) is 55.5 Å². The number of nitrogens with zero attached hydrogens (tertiary/aromatic N) is 2. The number of allylic oxidation sites excluding steroid dienone is 2. The fourth-order valence-corrected chi connectivity index (χ4v) is 5.70. The summed E-state index contributed by atoms with van der Waals surface area (Å²) in [4.78, 5) is 54.7. The molecule has 3 aliphatic rings. The van der Waals surface area contributed by atoms with E-state index in [1.807, 2.05) is 56.3 Å². The van der Waals surface area contributed by atoms with Gasteiger partial charge in [0.15, 0.2) is 0 Å². The lowest BCUT2D eigenvalue weighted by atomic mass is 9.78. The summed E-state index contributed by atoms with van der Waals surface area (Å²) in [5, 5.41) is 0. The van der Waals surface area contributed by atoms with E-state index in [2.05, 4.69) is 0 Å². The molecule has 186 valence electrons. The summed E-state index contributed by atoms with van der Waals surface area (Å²) in [6.07, 6.45) is 4.66. The molecule has 3 amide bonds. The largest absolute Gasteiger partial charge is 0.426 e. The fourth-order valence-electron chi connectivity index (χ4n) is 5.70. The minimum Gasteiger partial charge on any atom is -0.426 e. The molecular weight excluding hydrogens is 456 g/mol. The third-order valence-electron chi connectivity index (χ3n) is 7.74. The van der Waals surface area contributed by atoms with Gasteiger partial charge in [0.2, 0.25) is 17.7 Å². The number of imide groups is 1. The van der Waals surface area contributed by atoms with Crippen LogP contribution in [-0.4, -0.2) is 35.1 Å². The molecule has 0 saturated carbocycles. The third-order valence-corrected chi connectivity index (χ3v) is 7.74. The van der Waals surface area contributed by atoms with Gasteiger partial charge in [-0.25, -0.2) is 4.90 Å². The van der Waals surface area contributed by atoms with E-state index in [1.165, 1.54) is 4.90 Å². The summed E-state index contributed by atoms with van der Waals surface area (Å²) < 4.78 is 5.63. The van der Waals surface area contributed by atoms with E-state index in [4.69, 9.17) is 4.74 Å². The Hall–Kier alpha value is -3.74. The van der Waals surface area contributed by atoms with Crippen molar-refractivity contribution in [1.29, 1.82) is 0 Å². The van der Waals surface area contributed by atoms with Crippen LogP contribution in [0.1, 0.15) is 43.9 Å². The first-order valence-corrected chi connectivity index (χ1v) is 12.5. The molecule has 2 heterocycles. The first kappa shape index (κ1) is 24.0. The van der Waals surface area contributed by atoms with Crippen LogP contribution in [0.3, 0.4) is 0 Å². The molecule has 2 fully saturated rings. The number of likely N-dealkylation sites (tertiary alicyclic amines) is 1. The highest BCUT2D eigenvalue weighted by Gasteiger charge is 2.50. The summed E-state index contributed by atoms with van der Waals surface area (Å²) in [5.41, 5.74) is 2.20. The predicted octanol–water partition coefficient (Wildman–Crippen LogP) is 4.21. The van der Waals surface area contributed by atoms with Gasteiger partial charge in [0.05, 0.1) is 29.5 Å². The third kappa shape index (κ3) is 4.12. The minimum absolute atomic E-state index is 0.0176. The second kappa shape index (κ2) is 9.37. The van der Waals surface area contributed by atoms with E-state index in [9.17, 15) is 19.2 Å². The zero-order valence-corrected chi connectivity index (χ0v) is 20.7. The normalized spacial score (nSPS) is 26.4. The van der Waals surface area contributed by atoms with E-state index in [0.29, 0.717) is 30.0 Å². The number of fused-ring (bicyclic) bond motifs is 1. The van der Waals surface area contributed by atoms with Crippen LogP contribution in [0.15, 0.2) is 60.7 Å². The average molecular weight is 487 g/mol. The Morgan fingerprint density at radius 3 is 2.50 bits per heavy atom. The van der Waals surface area contributed by atoms with Gasteiger partial charge in [-0.2, -0.15) is 0 Å². The van der Waals surface area contributed by atoms with Gasteiger partial charge < -0.3 is 9.64 Å². The van der Waals surface area contributed by atoms with Crippen LogP contribution < -0.4 is 9.64 Å². The lowest BCUT2D eigenvalue weighted by molar-refractivity contribution is -0.139. The Morgan fingerprint density at radius 2 is 1.81 bits per heavy atom. The number of esters is 1. The van der Waals surface area contributed by atoms with Gasteiger partial charge in [0.1, 0.15) is 5.75 Å². The molecule has 0 unspecified atom stereocenters. The van der Waals surface area contributed by atoms with Crippen molar-refractivity contribution in [3.8, 4) is 5.75 Å². The Morgan fingerprint density at radius 1 is 1.06 bits per heavy atom. The van der Waals surface area contributed by atoms with Crippen LogP contribution in [0.2, 0.25) is 0 Å². The molecule has 2 aromatic carbocycles. The van der Waals surface area contributed by atoms with Crippen molar-refractivity contribution in [2.45, 2.75) is 39.7 Å². The quantitative estimate of drug-likeness (QED) is 0.274. The number of aryl methyl sites for hydroxylation is 1. The SMILES string of the molecule is Cc1cc(OC(=O)[C@@H]2CC(=O)N([C@H](C)c3ccccc3)C2)ccc1N1C(=O)[C@@H]2[C@H](C)C=CC[C@H]2C1=O. The number of hydrogen-bond donors (Lipinski definition) is 0. The summed E-state index contributed by atoms with van der Waals surface area (Å²) in [6.45, 7) is 6.01. The zero-order valence-electron chi connectivity index (χ0n) is 20.7. The van der Waals surface area contributed by atoms with Crippen LogP contribution >= 0.6 is 0 Å². The lowest BCUT2D eigenvalue weighted by Crippen LogP contribution is -2.32. The van der Waals surface area contributed by atoms with Crippen molar-refractivity contribution >= 4 is 29.4 Å². The van der Waals surface area contributed by atoms with Gasteiger partial charge in [0, 0.05) is 13.0 Å². The first-order chi connectivity index (χ1) is 17.3. The Balaban J connectivity index is 1.27. The molecule has 0 aromatic heterocycles. The molecule has 5 rings (SSSR count). The number of carbonyl (C=O) groups is 4. The topological polar surface area (TPSA) is 84.0 Å². The van der Waals surface area contributed by atoms with Crippen molar-refractivity contribution in [2.75, 3.05) is 11.4 Å². The number of rotatable bonds is 5. The molecule has 1 aliphatic carbocycles. The Kier molecular flexibility index (Phi) is 6.24. The minimum atomic E-state index is -0.553. The zero-order chi connectivity index (χ0) is 25.6. The van der Waals surface area contributed by atoms with Crippen LogP contribution in [0.4, 0.5) is 5.69 Å². The molecule has 0 bridgehead atoms. The Labute approximate surface area is 210 Å². The molecule has 7 nitrogen and oxygen atoms in total. The van der Waals surface area contributed by atoms with Crippen LogP contribution in [-0.2, 0) is 19.2 Å². The highest BCUT2D eigenvalue weighted by molar-refractivity contribution is 6.22. The van der Waals surface area contributed by atoms with E-state index in [1.54, 1.807) is 30.0 Å². The van der Waals surface area contributed by atoms with Gasteiger partial charge in [0.25, 0.3) is 0 Å². The highest BCUT2D eigenvalue weighted by Crippen LogP contribution is 2.41. The van der Waals surface area contributed by atoms with Crippen molar-refractivity contribution < 1.29 is 23.9 Å². The molecule has 2 aromatic rings. The number of benzene rings is 2. The fraction of sp³-hybridized carbons (Fsp3) is 0.379. The second-order valence-corrected chi connectivity index (χ2v) is 10.1. The standard InChI is InChI=1S/C29H30N2O5/c1-17-8-7-11-23-26(17)28(34)31(27(23)33)24-13-12-22(14-18(24)2)36-29(35)21-15-25(32)30(16-21)19(3)20-9-5-4-6-10-20/h4-10,12-14,17,19,21,23,26H,11,15-16H2,1-3H3/t17-,19-,21-,23-,26-/m1/s1. The van der Waals surface area contributed by atoms with Crippen molar-refractivity contribution in [2.24, 2.45) is 23.7 Å². The maximum Gasteiger partial charge on any atom is 0.316 e. The van der Waals surface area contributed by atoms with Crippen LogP contribution in [0, 0.1) is 30.6 Å². The van der Waals surface area contributed by atoms with E-state index in [0.717, 1.165) is 5.56 Å². The monoisotopic (exact) mass is 486 g/mol. The predicted molar refractivity (Wildman–Crippen MR) is 134 cm³/mol. The molecule has 0 radical (unpaired) electrons. The average Bonchev–Trinajstić information content (AvgIpc) is 3.37. The maximum absolute atomic E-state index is 13.1. The van der Waals surface area contributed by atoms with Crippen LogP contribution in [0.5, 0.6) is 5.75 Å². The van der Waals surface area contributed by atoms with Gasteiger partial charge in [-0.15, -0.1) is 0 Å². The summed E-state index contributed by atoms with van der Waals surface area (Å²) in [7, 11) is 0. The smallest absolute Gasteiger partial charge is 0.316 e. The van der Waals surface area contributed by atoms with Crippen molar-refractivity contribution in [1.82, 2.24) is 4.90 Å². The summed E-state index contributed by atoms with van der Waals surface area (Å²) in [5.74, 6) is -1.75. The van der Waals surface area contributed by atoms with Crippen molar-refractivity contribution in [3.63, 3.8) is 0 Å². The van der Waals surface area contributed by atoms with E-state index in [-0.39, 0.29) is 47.9 Å². The first-order valence-electron chi connectivity index (χ1n) is 12.5. The molecular formula is C29H30N2O5. The van der Waals surface area contributed by atoms with Gasteiger partial charge >= 0.3 is 5.97 Å². The number of amides is 3. The molecule has 36 heavy (non-hydrogen) atoms. The second-order valence-electron chi connectivity index (χ2n) is 10.1. The molecule has 2 saturated heterocycles. The summed E-state index contributed by atoms with van der Waals surface area (Å²) in [6, 6.07) is 14.5. The van der Waals surface area contributed by atoms with Crippen LogP contribution in [0.25, 0.3) is 0 Å². The molecule has 2 aliphatic heterocycles. The highest BCUT2D eigenvalue weighted by atomic mass is 16.5. The molecule has 0 spiro atoms. The molecule has 5 atom stereocenters. The molecule has 7 heteroatoms. The number of hydrogen-bond acceptors (Lipinski definition) is 5. The number of ether oxygens (including phenoxy) is 1. The van der Waals surface area contributed by atoms with Gasteiger partial charge in [-0.1, -0.05) is 49.4 Å². The van der Waals surface area contributed by atoms with Gasteiger partial charge in [-0.3, -0.25) is 19.2 Å². The number of carbonyl (C=O) groups excluding carboxylic acids is 4.